The molecular formula is C48H30. The zero-order valence-corrected chi connectivity index (χ0v) is 26.3. The van der Waals surface area contributed by atoms with Crippen molar-refractivity contribution >= 4 is 53.9 Å². The molecule has 0 unspecified atom stereocenters. The maximum absolute atomic E-state index is 2.36. The highest BCUT2D eigenvalue weighted by atomic mass is 14.2. The third-order valence-corrected chi connectivity index (χ3v) is 10.2. The van der Waals surface area contributed by atoms with E-state index in [9.17, 15) is 0 Å². The smallest absolute Gasteiger partial charge is 0.00203 e. The monoisotopic (exact) mass is 606 g/mol. The topological polar surface area (TPSA) is 0 Å². The third-order valence-electron chi connectivity index (χ3n) is 10.2. The Bertz CT molecular complexity index is 2810. The molecule has 0 aromatic heterocycles. The van der Waals surface area contributed by atoms with Crippen molar-refractivity contribution in [2.24, 2.45) is 0 Å². The Morgan fingerprint density at radius 3 is 1.15 bits per heavy atom. The maximum Gasteiger partial charge on any atom is -0.00203 e. The molecule has 0 saturated carbocycles. The largest absolute Gasteiger partial charge is 0.0616 e. The lowest BCUT2D eigenvalue weighted by Gasteiger charge is -2.17. The molecule has 0 radical (unpaired) electrons. The van der Waals surface area contributed by atoms with E-state index < -0.39 is 0 Å². The second-order valence-corrected chi connectivity index (χ2v) is 12.9. The van der Waals surface area contributed by atoms with Crippen molar-refractivity contribution in [3.05, 3.63) is 182 Å². The summed E-state index contributed by atoms with van der Waals surface area (Å²) in [5.74, 6) is 0. The average Bonchev–Trinajstić information content (AvgIpc) is 3.16. The van der Waals surface area contributed by atoms with E-state index >= 15 is 0 Å². The third kappa shape index (κ3) is 4.16. The van der Waals surface area contributed by atoms with Gasteiger partial charge in [-0.1, -0.05) is 176 Å². The highest BCUT2D eigenvalue weighted by Gasteiger charge is 2.16. The lowest BCUT2D eigenvalue weighted by molar-refractivity contribution is 1.62. The van der Waals surface area contributed by atoms with Crippen LogP contribution >= 0.6 is 0 Å². The standard InChI is InChI=1S/C48H30/c1-3-14-39-31(8-1)10-6-16-41(39)33-18-20-34(21-19-33)43-26-22-35-25-29-46-44(27-23-36-24-28-45(43)47(35)48(36)46)38-13-5-12-37(30-38)42-17-7-11-32-9-2-4-15-40(32)42/h1-30H. The fraction of sp³-hybridized carbons (Fsp3) is 0. The van der Waals surface area contributed by atoms with Gasteiger partial charge in [0.25, 0.3) is 0 Å². The molecule has 0 aliphatic rings. The molecule has 48 heavy (non-hydrogen) atoms. The number of hydrogen-bond acceptors (Lipinski definition) is 0. The predicted octanol–water partition coefficient (Wildman–Crippen LogP) is 13.6. The van der Waals surface area contributed by atoms with Crippen LogP contribution in [0.4, 0.5) is 0 Å². The fourth-order valence-electron chi connectivity index (χ4n) is 7.94. The molecule has 10 rings (SSSR count). The fourth-order valence-corrected chi connectivity index (χ4v) is 7.94. The first-order valence-corrected chi connectivity index (χ1v) is 16.7. The summed E-state index contributed by atoms with van der Waals surface area (Å²) in [5.41, 5.74) is 10.0. The average molecular weight is 607 g/mol. The van der Waals surface area contributed by atoms with Crippen LogP contribution < -0.4 is 0 Å². The van der Waals surface area contributed by atoms with Gasteiger partial charge in [0.2, 0.25) is 0 Å². The first-order chi connectivity index (χ1) is 23.8. The highest BCUT2D eigenvalue weighted by Crippen LogP contribution is 2.43. The van der Waals surface area contributed by atoms with Gasteiger partial charge >= 0.3 is 0 Å². The second-order valence-electron chi connectivity index (χ2n) is 12.9. The van der Waals surface area contributed by atoms with Crippen molar-refractivity contribution in [2.45, 2.75) is 0 Å². The van der Waals surface area contributed by atoms with E-state index in [0.29, 0.717) is 0 Å². The Balaban J connectivity index is 1.11. The summed E-state index contributed by atoms with van der Waals surface area (Å²) in [6, 6.07) is 67.0. The predicted molar refractivity (Wildman–Crippen MR) is 207 cm³/mol. The molecule has 0 spiro atoms. The molecule has 0 aliphatic carbocycles. The molecule has 0 atom stereocenters. The van der Waals surface area contributed by atoms with Crippen molar-refractivity contribution in [1.82, 2.24) is 0 Å². The molecule has 0 N–H and O–H groups in total. The Labute approximate surface area is 279 Å². The van der Waals surface area contributed by atoms with Crippen LogP contribution in [-0.2, 0) is 0 Å². The molecule has 0 amide bonds. The quantitative estimate of drug-likeness (QED) is 0.175. The summed E-state index contributed by atoms with van der Waals surface area (Å²) < 4.78 is 0. The summed E-state index contributed by atoms with van der Waals surface area (Å²) in [6.07, 6.45) is 0. The second kappa shape index (κ2) is 10.7. The van der Waals surface area contributed by atoms with Gasteiger partial charge < -0.3 is 0 Å². The van der Waals surface area contributed by atoms with Crippen LogP contribution in [0.25, 0.3) is 98.4 Å². The van der Waals surface area contributed by atoms with Gasteiger partial charge in [-0.05, 0) is 104 Å². The van der Waals surface area contributed by atoms with Crippen LogP contribution in [-0.4, -0.2) is 0 Å². The summed E-state index contributed by atoms with van der Waals surface area (Å²) in [5, 5.41) is 12.9. The molecule has 0 heteroatoms. The van der Waals surface area contributed by atoms with Crippen LogP contribution in [0.5, 0.6) is 0 Å². The minimum atomic E-state index is 1.24. The van der Waals surface area contributed by atoms with Gasteiger partial charge in [0.1, 0.15) is 0 Å². The maximum atomic E-state index is 2.36. The number of benzene rings is 10. The van der Waals surface area contributed by atoms with Crippen molar-refractivity contribution in [3.8, 4) is 44.5 Å². The zero-order valence-electron chi connectivity index (χ0n) is 26.3. The molecule has 222 valence electrons. The Morgan fingerprint density at radius 1 is 0.208 bits per heavy atom. The lowest BCUT2D eigenvalue weighted by atomic mass is 9.86. The summed E-state index contributed by atoms with van der Waals surface area (Å²) >= 11 is 0. The van der Waals surface area contributed by atoms with Crippen molar-refractivity contribution in [3.63, 3.8) is 0 Å². The Morgan fingerprint density at radius 2 is 0.604 bits per heavy atom. The number of rotatable bonds is 4. The molecular weight excluding hydrogens is 577 g/mol. The van der Waals surface area contributed by atoms with Crippen molar-refractivity contribution in [1.29, 1.82) is 0 Å². The molecule has 0 heterocycles. The van der Waals surface area contributed by atoms with Gasteiger partial charge in [0.05, 0.1) is 0 Å². The van der Waals surface area contributed by atoms with Crippen molar-refractivity contribution < 1.29 is 0 Å². The van der Waals surface area contributed by atoms with Crippen LogP contribution in [0.3, 0.4) is 0 Å². The number of hydrogen-bond donors (Lipinski definition) is 0. The minimum absolute atomic E-state index is 1.24. The highest BCUT2D eigenvalue weighted by molar-refractivity contribution is 6.27. The van der Waals surface area contributed by atoms with E-state index in [1.165, 1.54) is 98.4 Å². The molecule has 10 aromatic rings. The Hall–Kier alpha value is -6.24. The van der Waals surface area contributed by atoms with E-state index in [4.69, 9.17) is 0 Å². The van der Waals surface area contributed by atoms with E-state index in [0.717, 1.165) is 0 Å². The summed E-state index contributed by atoms with van der Waals surface area (Å²) in [6.45, 7) is 0. The molecule has 0 fully saturated rings. The van der Waals surface area contributed by atoms with Gasteiger partial charge in [0, 0.05) is 0 Å². The lowest BCUT2D eigenvalue weighted by Crippen LogP contribution is -1.90. The SMILES string of the molecule is c1cc(-c2cccc3ccccc23)cc(-c2ccc3ccc4c(-c5ccc(-c6cccc7ccccc67)cc5)ccc5ccc2c3c54)c1. The van der Waals surface area contributed by atoms with Gasteiger partial charge in [0.15, 0.2) is 0 Å². The zero-order chi connectivity index (χ0) is 31.6. The van der Waals surface area contributed by atoms with E-state index in [-0.39, 0.29) is 0 Å². The van der Waals surface area contributed by atoms with E-state index in [1.54, 1.807) is 0 Å². The van der Waals surface area contributed by atoms with Crippen LogP contribution in [0.2, 0.25) is 0 Å². The molecule has 0 aliphatic heterocycles. The summed E-state index contributed by atoms with van der Waals surface area (Å²) in [4.78, 5) is 0. The van der Waals surface area contributed by atoms with Gasteiger partial charge in [-0.3, -0.25) is 0 Å². The molecule has 0 saturated heterocycles. The van der Waals surface area contributed by atoms with Gasteiger partial charge in [-0.15, -0.1) is 0 Å². The minimum Gasteiger partial charge on any atom is -0.0616 e. The van der Waals surface area contributed by atoms with Gasteiger partial charge in [-0.2, -0.15) is 0 Å². The van der Waals surface area contributed by atoms with E-state index in [2.05, 4.69) is 182 Å². The van der Waals surface area contributed by atoms with Crippen LogP contribution in [0.1, 0.15) is 0 Å². The Kier molecular flexibility index (Phi) is 5.98. The van der Waals surface area contributed by atoms with Gasteiger partial charge in [-0.25, -0.2) is 0 Å². The first-order valence-electron chi connectivity index (χ1n) is 16.7. The normalized spacial score (nSPS) is 11.8. The van der Waals surface area contributed by atoms with Crippen molar-refractivity contribution in [2.75, 3.05) is 0 Å². The van der Waals surface area contributed by atoms with Crippen LogP contribution in [0.15, 0.2) is 182 Å². The molecule has 10 aromatic carbocycles. The molecule has 0 bridgehead atoms. The number of fused-ring (bicyclic) bond motifs is 2. The van der Waals surface area contributed by atoms with E-state index in [1.807, 2.05) is 0 Å². The molecule has 0 nitrogen and oxygen atoms in total. The van der Waals surface area contributed by atoms with Crippen LogP contribution in [0, 0.1) is 0 Å². The first kappa shape index (κ1) is 26.9. The summed E-state index contributed by atoms with van der Waals surface area (Å²) in [7, 11) is 0.